The van der Waals surface area contributed by atoms with Gasteiger partial charge in [0.15, 0.2) is 5.03 Å². The molecule has 0 saturated carbocycles. The molecule has 2 N–H and O–H groups in total. The van der Waals surface area contributed by atoms with Gasteiger partial charge in [-0.2, -0.15) is 0 Å². The zero-order valence-electron chi connectivity index (χ0n) is 10.2. The number of nitrogens with zero attached hydrogens (tertiary/aromatic N) is 2. The van der Waals surface area contributed by atoms with Gasteiger partial charge in [0.1, 0.15) is 6.04 Å². The lowest BCUT2D eigenvalue weighted by Crippen LogP contribution is -2.41. The monoisotopic (exact) mass is 319 g/mol. The SMILES string of the molecule is CC(=O)NC(CSc1ncc(Cl)cc1[N+](=O)[O-])C(=O)O. The highest BCUT2D eigenvalue weighted by Crippen LogP contribution is 2.29. The van der Waals surface area contributed by atoms with Crippen molar-refractivity contribution in [3.63, 3.8) is 0 Å². The molecule has 0 spiro atoms. The lowest BCUT2D eigenvalue weighted by Gasteiger charge is -2.12. The van der Waals surface area contributed by atoms with Crippen molar-refractivity contribution >= 4 is 40.9 Å². The first-order valence-corrected chi connectivity index (χ1v) is 6.60. The van der Waals surface area contributed by atoms with Crippen molar-refractivity contribution in [3.8, 4) is 0 Å². The molecule has 20 heavy (non-hydrogen) atoms. The molecule has 1 heterocycles. The zero-order valence-corrected chi connectivity index (χ0v) is 11.8. The number of aliphatic carboxylic acids is 1. The molecule has 0 aromatic carbocycles. The molecule has 0 bridgehead atoms. The molecule has 1 atom stereocenters. The summed E-state index contributed by atoms with van der Waals surface area (Å²) < 4.78 is 0. The average molecular weight is 320 g/mol. The molecule has 0 aliphatic heterocycles. The summed E-state index contributed by atoms with van der Waals surface area (Å²) in [6.45, 7) is 1.18. The molecule has 0 radical (unpaired) electrons. The zero-order chi connectivity index (χ0) is 15.3. The molecule has 1 unspecified atom stereocenters. The third-order valence-corrected chi connectivity index (χ3v) is 3.35. The summed E-state index contributed by atoms with van der Waals surface area (Å²) in [5, 5.41) is 22.1. The lowest BCUT2D eigenvalue weighted by atomic mass is 10.3. The number of pyridine rings is 1. The lowest BCUT2D eigenvalue weighted by molar-refractivity contribution is -0.388. The molecule has 0 aliphatic rings. The largest absolute Gasteiger partial charge is 0.480 e. The van der Waals surface area contributed by atoms with Crippen molar-refractivity contribution in [2.24, 2.45) is 0 Å². The molecule has 10 heteroatoms. The van der Waals surface area contributed by atoms with Crippen LogP contribution in [0.25, 0.3) is 0 Å². The van der Waals surface area contributed by atoms with E-state index in [1.807, 2.05) is 0 Å². The maximum atomic E-state index is 10.9. The van der Waals surface area contributed by atoms with E-state index >= 15 is 0 Å². The Morgan fingerprint density at radius 2 is 2.30 bits per heavy atom. The van der Waals surface area contributed by atoms with Crippen molar-refractivity contribution in [2.45, 2.75) is 18.0 Å². The second kappa shape index (κ2) is 7.06. The van der Waals surface area contributed by atoms with Crippen molar-refractivity contribution in [1.82, 2.24) is 10.3 Å². The van der Waals surface area contributed by atoms with Crippen molar-refractivity contribution < 1.29 is 19.6 Å². The van der Waals surface area contributed by atoms with Crippen molar-refractivity contribution in [3.05, 3.63) is 27.4 Å². The summed E-state index contributed by atoms with van der Waals surface area (Å²) in [4.78, 5) is 35.8. The Kier molecular flexibility index (Phi) is 5.71. The van der Waals surface area contributed by atoms with E-state index in [9.17, 15) is 19.7 Å². The normalized spacial score (nSPS) is 11.7. The number of aromatic nitrogens is 1. The minimum Gasteiger partial charge on any atom is -0.480 e. The first kappa shape index (κ1) is 16.2. The molecule has 1 amide bonds. The summed E-state index contributed by atoms with van der Waals surface area (Å²) in [5.74, 6) is -1.83. The van der Waals surface area contributed by atoms with E-state index in [1.165, 1.54) is 13.1 Å². The van der Waals surface area contributed by atoms with Crippen molar-refractivity contribution in [2.75, 3.05) is 5.75 Å². The summed E-state index contributed by atoms with van der Waals surface area (Å²) in [6, 6.07) is -0.0278. The topological polar surface area (TPSA) is 122 Å². The molecule has 1 aromatic rings. The van der Waals surface area contributed by atoms with E-state index in [2.05, 4.69) is 10.3 Å². The van der Waals surface area contributed by atoms with Gasteiger partial charge < -0.3 is 10.4 Å². The number of carboxylic acids is 1. The second-order valence-corrected chi connectivity index (χ2v) is 5.08. The Hall–Kier alpha value is -1.87. The number of hydrogen-bond donors (Lipinski definition) is 2. The van der Waals surface area contributed by atoms with Gasteiger partial charge in [-0.25, -0.2) is 9.78 Å². The minimum atomic E-state index is -1.23. The first-order valence-electron chi connectivity index (χ1n) is 5.24. The molecule has 8 nitrogen and oxygen atoms in total. The Bertz CT molecular complexity index is 554. The van der Waals surface area contributed by atoms with Crippen LogP contribution in [0.4, 0.5) is 5.69 Å². The summed E-state index contributed by atoms with van der Waals surface area (Å²) in [7, 11) is 0. The average Bonchev–Trinajstić information content (AvgIpc) is 2.34. The maximum absolute atomic E-state index is 10.9. The number of carbonyl (C=O) groups is 2. The molecule has 0 saturated heterocycles. The Labute approximate surface area is 122 Å². The second-order valence-electron chi connectivity index (χ2n) is 3.64. The quantitative estimate of drug-likeness (QED) is 0.460. The number of nitro groups is 1. The highest BCUT2D eigenvalue weighted by atomic mass is 35.5. The molecule has 1 rings (SSSR count). The predicted molar refractivity (Wildman–Crippen MR) is 71.9 cm³/mol. The standard InChI is InChI=1S/C10H10ClN3O5S/c1-5(15)13-7(10(16)17)4-20-9-8(14(18)19)2-6(11)3-12-9/h2-3,7H,4H2,1H3,(H,13,15)(H,16,17). The van der Waals surface area contributed by atoms with E-state index in [0.29, 0.717) is 0 Å². The van der Waals surface area contributed by atoms with Gasteiger partial charge in [0.2, 0.25) is 5.91 Å². The number of halogens is 1. The smallest absolute Gasteiger partial charge is 0.327 e. The van der Waals surface area contributed by atoms with E-state index in [0.717, 1.165) is 17.8 Å². The molecular formula is C10H10ClN3O5S. The molecule has 0 aliphatic carbocycles. The molecule has 0 fully saturated rings. The highest BCUT2D eigenvalue weighted by molar-refractivity contribution is 7.99. The third kappa shape index (κ3) is 4.67. The molecular weight excluding hydrogens is 310 g/mol. The number of carbonyl (C=O) groups excluding carboxylic acids is 1. The number of hydrogen-bond acceptors (Lipinski definition) is 6. The Morgan fingerprint density at radius 1 is 1.65 bits per heavy atom. The number of rotatable bonds is 6. The van der Waals surface area contributed by atoms with Gasteiger partial charge in [0.05, 0.1) is 9.95 Å². The summed E-state index contributed by atoms with van der Waals surface area (Å²) >= 11 is 6.47. The van der Waals surface area contributed by atoms with Crippen LogP contribution in [0.2, 0.25) is 5.02 Å². The van der Waals surface area contributed by atoms with E-state index < -0.39 is 22.8 Å². The maximum Gasteiger partial charge on any atom is 0.327 e. The van der Waals surface area contributed by atoms with Gasteiger partial charge in [-0.05, 0) is 0 Å². The van der Waals surface area contributed by atoms with Gasteiger partial charge >= 0.3 is 11.7 Å². The van der Waals surface area contributed by atoms with Crippen LogP contribution in [0.15, 0.2) is 17.3 Å². The predicted octanol–water partition coefficient (Wildman–Crippen LogP) is 1.32. The minimum absolute atomic E-state index is 0.0380. The van der Waals surface area contributed by atoms with Crippen LogP contribution in [0.3, 0.4) is 0 Å². The van der Waals surface area contributed by atoms with Gasteiger partial charge in [0, 0.05) is 24.9 Å². The van der Waals surface area contributed by atoms with Gasteiger partial charge in [-0.1, -0.05) is 23.4 Å². The number of carboxylic acid groups (broad SMARTS) is 1. The van der Waals surface area contributed by atoms with Crippen LogP contribution >= 0.6 is 23.4 Å². The molecule has 108 valence electrons. The van der Waals surface area contributed by atoms with E-state index in [4.69, 9.17) is 16.7 Å². The van der Waals surface area contributed by atoms with Crippen LogP contribution in [-0.4, -0.2) is 38.7 Å². The fourth-order valence-electron chi connectivity index (χ4n) is 1.24. The number of amides is 1. The summed E-state index contributed by atoms with van der Waals surface area (Å²) in [5.41, 5.74) is -0.311. The van der Waals surface area contributed by atoms with Gasteiger partial charge in [0.25, 0.3) is 0 Å². The van der Waals surface area contributed by atoms with Crippen LogP contribution < -0.4 is 5.32 Å². The van der Waals surface area contributed by atoms with Gasteiger partial charge in [-0.3, -0.25) is 14.9 Å². The van der Waals surface area contributed by atoms with Crippen LogP contribution in [0.1, 0.15) is 6.92 Å². The Morgan fingerprint density at radius 3 is 2.80 bits per heavy atom. The van der Waals surface area contributed by atoms with E-state index in [1.54, 1.807) is 0 Å². The fraction of sp³-hybridized carbons (Fsp3) is 0.300. The van der Waals surface area contributed by atoms with Crippen LogP contribution in [0.5, 0.6) is 0 Å². The number of thioether (sulfide) groups is 1. The Balaban J connectivity index is 2.85. The third-order valence-electron chi connectivity index (χ3n) is 2.06. The van der Waals surface area contributed by atoms with Crippen molar-refractivity contribution in [1.29, 1.82) is 0 Å². The molecule has 1 aromatic heterocycles. The van der Waals surface area contributed by atoms with Crippen LogP contribution in [0, 0.1) is 10.1 Å². The number of nitrogens with one attached hydrogen (secondary N) is 1. The summed E-state index contributed by atoms with van der Waals surface area (Å²) in [6.07, 6.45) is 1.23. The van der Waals surface area contributed by atoms with E-state index in [-0.39, 0.29) is 21.5 Å². The fourth-order valence-corrected chi connectivity index (χ4v) is 2.35. The first-order chi connectivity index (χ1) is 9.31. The van der Waals surface area contributed by atoms with Crippen LogP contribution in [-0.2, 0) is 9.59 Å². The van der Waals surface area contributed by atoms with Gasteiger partial charge in [-0.15, -0.1) is 0 Å². The highest BCUT2D eigenvalue weighted by Gasteiger charge is 2.22.